The molecule has 1 unspecified atom stereocenters. The number of aliphatic hydroxyl groups excluding tert-OH is 1. The summed E-state index contributed by atoms with van der Waals surface area (Å²) in [6.07, 6.45) is -0.255. The van der Waals surface area contributed by atoms with Gasteiger partial charge in [0, 0.05) is 12.0 Å². The number of hydrogen-bond acceptors (Lipinski definition) is 5. The lowest BCUT2D eigenvalue weighted by atomic mass is 10.0. The molecule has 0 radical (unpaired) electrons. The van der Waals surface area contributed by atoms with Crippen molar-refractivity contribution in [1.82, 2.24) is 0 Å². The van der Waals surface area contributed by atoms with E-state index >= 15 is 0 Å². The van der Waals surface area contributed by atoms with Gasteiger partial charge in [-0.1, -0.05) is 0 Å². The van der Waals surface area contributed by atoms with Gasteiger partial charge in [0.25, 0.3) is 0 Å². The molecule has 0 saturated heterocycles. The van der Waals surface area contributed by atoms with Crippen LogP contribution in [-0.2, 0) is 4.79 Å². The van der Waals surface area contributed by atoms with Gasteiger partial charge in [0.15, 0.2) is 11.5 Å². The summed E-state index contributed by atoms with van der Waals surface area (Å²) in [5, 5.41) is 9.81. The number of rotatable bonds is 6. The normalized spacial score (nSPS) is 11.8. The third-order valence-electron chi connectivity index (χ3n) is 2.41. The molecule has 0 spiro atoms. The number of carbonyl (C=O) groups excluding carboxylic acids is 1. The lowest BCUT2D eigenvalue weighted by Gasteiger charge is -2.17. The standard InChI is InChI=1S/C12H16O5/c1-15-10-5-4-8(9(14)6-7-13)11(16-2)12(10)17-3/h4-5,7,9,14H,6H2,1-3H3. The molecule has 0 bridgehead atoms. The number of methoxy groups -OCH3 is 3. The molecule has 0 aromatic heterocycles. The van der Waals surface area contributed by atoms with Crippen LogP contribution in [0, 0.1) is 0 Å². The van der Waals surface area contributed by atoms with Gasteiger partial charge in [0.2, 0.25) is 5.75 Å². The van der Waals surface area contributed by atoms with E-state index in [1.54, 1.807) is 12.1 Å². The van der Waals surface area contributed by atoms with E-state index in [1.165, 1.54) is 21.3 Å². The fourth-order valence-corrected chi connectivity index (χ4v) is 1.60. The predicted molar refractivity (Wildman–Crippen MR) is 61.7 cm³/mol. The van der Waals surface area contributed by atoms with Gasteiger partial charge in [-0.25, -0.2) is 0 Å². The van der Waals surface area contributed by atoms with Crippen molar-refractivity contribution >= 4 is 6.29 Å². The van der Waals surface area contributed by atoms with E-state index in [-0.39, 0.29) is 6.42 Å². The summed E-state index contributed by atoms with van der Waals surface area (Å²) in [6.45, 7) is 0. The molecular formula is C12H16O5. The lowest BCUT2D eigenvalue weighted by Crippen LogP contribution is -2.04. The van der Waals surface area contributed by atoms with E-state index < -0.39 is 6.10 Å². The van der Waals surface area contributed by atoms with E-state index in [2.05, 4.69) is 0 Å². The van der Waals surface area contributed by atoms with Gasteiger partial charge < -0.3 is 24.1 Å². The number of hydrogen-bond donors (Lipinski definition) is 1. The van der Waals surface area contributed by atoms with Crippen molar-refractivity contribution in [3.05, 3.63) is 17.7 Å². The molecule has 94 valence electrons. The van der Waals surface area contributed by atoms with E-state index in [4.69, 9.17) is 14.2 Å². The Balaban J connectivity index is 3.27. The van der Waals surface area contributed by atoms with Crippen molar-refractivity contribution < 1.29 is 24.1 Å². The van der Waals surface area contributed by atoms with E-state index in [9.17, 15) is 9.90 Å². The van der Waals surface area contributed by atoms with Crippen LogP contribution in [0.2, 0.25) is 0 Å². The summed E-state index contributed by atoms with van der Waals surface area (Å²) >= 11 is 0. The molecule has 1 atom stereocenters. The van der Waals surface area contributed by atoms with Crippen molar-refractivity contribution in [3.63, 3.8) is 0 Å². The van der Waals surface area contributed by atoms with Crippen LogP contribution in [-0.4, -0.2) is 32.7 Å². The van der Waals surface area contributed by atoms with Gasteiger partial charge in [-0.2, -0.15) is 0 Å². The van der Waals surface area contributed by atoms with Crippen LogP contribution in [0.3, 0.4) is 0 Å². The van der Waals surface area contributed by atoms with Crippen molar-refractivity contribution in [3.8, 4) is 17.2 Å². The molecule has 5 nitrogen and oxygen atoms in total. The van der Waals surface area contributed by atoms with Crippen molar-refractivity contribution in [2.24, 2.45) is 0 Å². The molecule has 0 aliphatic heterocycles. The second kappa shape index (κ2) is 6.10. The molecule has 1 aromatic carbocycles. The molecule has 0 aliphatic rings. The highest BCUT2D eigenvalue weighted by atomic mass is 16.5. The van der Waals surface area contributed by atoms with E-state index in [0.29, 0.717) is 29.1 Å². The highest BCUT2D eigenvalue weighted by Crippen LogP contribution is 2.42. The Hall–Kier alpha value is -1.75. The fraction of sp³-hybridized carbons (Fsp3) is 0.417. The van der Waals surface area contributed by atoms with Gasteiger partial charge in [-0.05, 0) is 12.1 Å². The minimum atomic E-state index is -0.915. The Morgan fingerprint density at radius 3 is 2.29 bits per heavy atom. The SMILES string of the molecule is COc1ccc(C(O)CC=O)c(OC)c1OC. The average molecular weight is 240 g/mol. The fourth-order valence-electron chi connectivity index (χ4n) is 1.60. The summed E-state index contributed by atoms with van der Waals surface area (Å²) < 4.78 is 15.5. The third kappa shape index (κ3) is 2.68. The molecule has 1 N–H and O–H groups in total. The number of carbonyl (C=O) groups is 1. The number of ether oxygens (including phenoxy) is 3. The second-order valence-electron chi connectivity index (χ2n) is 3.34. The summed E-state index contributed by atoms with van der Waals surface area (Å²) in [6, 6.07) is 3.30. The minimum absolute atomic E-state index is 0.00580. The maximum atomic E-state index is 10.4. The van der Waals surface area contributed by atoms with E-state index in [1.807, 2.05) is 0 Å². The second-order valence-corrected chi connectivity index (χ2v) is 3.34. The molecule has 0 aliphatic carbocycles. The zero-order valence-corrected chi connectivity index (χ0v) is 10.1. The van der Waals surface area contributed by atoms with Crippen LogP contribution in [0.25, 0.3) is 0 Å². The number of aldehydes is 1. The molecule has 1 rings (SSSR count). The summed E-state index contributed by atoms with van der Waals surface area (Å²) in [5.41, 5.74) is 0.497. The summed E-state index contributed by atoms with van der Waals surface area (Å²) in [4.78, 5) is 10.4. The quantitative estimate of drug-likeness (QED) is 0.760. The molecule has 0 heterocycles. The average Bonchev–Trinajstić information content (AvgIpc) is 2.36. The van der Waals surface area contributed by atoms with Gasteiger partial charge in [-0.3, -0.25) is 0 Å². The number of aliphatic hydroxyl groups is 1. The van der Waals surface area contributed by atoms with Gasteiger partial charge >= 0.3 is 0 Å². The first-order valence-corrected chi connectivity index (χ1v) is 5.10. The van der Waals surface area contributed by atoms with Gasteiger partial charge in [0.1, 0.15) is 6.29 Å². The lowest BCUT2D eigenvalue weighted by molar-refractivity contribution is -0.109. The van der Waals surface area contributed by atoms with Crippen LogP contribution < -0.4 is 14.2 Å². The largest absolute Gasteiger partial charge is 0.493 e. The third-order valence-corrected chi connectivity index (χ3v) is 2.41. The highest BCUT2D eigenvalue weighted by Gasteiger charge is 2.20. The topological polar surface area (TPSA) is 65.0 Å². The predicted octanol–water partition coefficient (Wildman–Crippen LogP) is 1.33. The minimum Gasteiger partial charge on any atom is -0.493 e. The van der Waals surface area contributed by atoms with Crippen LogP contribution in [0.4, 0.5) is 0 Å². The van der Waals surface area contributed by atoms with Crippen LogP contribution in [0.15, 0.2) is 12.1 Å². The smallest absolute Gasteiger partial charge is 0.203 e. The Morgan fingerprint density at radius 2 is 1.82 bits per heavy atom. The molecule has 0 amide bonds. The summed E-state index contributed by atoms with van der Waals surface area (Å²) in [7, 11) is 4.46. The van der Waals surface area contributed by atoms with Crippen LogP contribution in [0.1, 0.15) is 18.1 Å². The number of benzene rings is 1. The molecule has 17 heavy (non-hydrogen) atoms. The Kier molecular flexibility index (Phi) is 4.78. The Bertz CT molecular complexity index is 389. The molecular weight excluding hydrogens is 224 g/mol. The maximum absolute atomic E-state index is 10.4. The van der Waals surface area contributed by atoms with Crippen molar-refractivity contribution in [1.29, 1.82) is 0 Å². The first-order chi connectivity index (χ1) is 8.19. The van der Waals surface area contributed by atoms with Gasteiger partial charge in [0.05, 0.1) is 27.4 Å². The molecule has 0 saturated carbocycles. The monoisotopic (exact) mass is 240 g/mol. The molecule has 1 aromatic rings. The van der Waals surface area contributed by atoms with Crippen molar-refractivity contribution in [2.75, 3.05) is 21.3 Å². The van der Waals surface area contributed by atoms with Crippen LogP contribution >= 0.6 is 0 Å². The highest BCUT2D eigenvalue weighted by molar-refractivity contribution is 5.58. The van der Waals surface area contributed by atoms with Crippen molar-refractivity contribution in [2.45, 2.75) is 12.5 Å². The van der Waals surface area contributed by atoms with Crippen LogP contribution in [0.5, 0.6) is 17.2 Å². The Morgan fingerprint density at radius 1 is 1.18 bits per heavy atom. The van der Waals surface area contributed by atoms with E-state index in [0.717, 1.165) is 0 Å². The zero-order chi connectivity index (χ0) is 12.8. The maximum Gasteiger partial charge on any atom is 0.203 e. The van der Waals surface area contributed by atoms with Gasteiger partial charge in [-0.15, -0.1) is 0 Å². The first kappa shape index (κ1) is 13.3. The Labute approximate surface area is 99.9 Å². The molecule has 5 heteroatoms. The summed E-state index contributed by atoms with van der Waals surface area (Å²) in [5.74, 6) is 1.28. The first-order valence-electron chi connectivity index (χ1n) is 5.10. The molecule has 0 fully saturated rings. The zero-order valence-electron chi connectivity index (χ0n) is 10.1.